The summed E-state index contributed by atoms with van der Waals surface area (Å²) in [6.07, 6.45) is 0.459. The van der Waals surface area contributed by atoms with Gasteiger partial charge in [-0.2, -0.15) is 0 Å². The maximum absolute atomic E-state index is 11.0. The molecule has 6 heteroatoms. The molecule has 0 aliphatic carbocycles. The fourth-order valence-corrected chi connectivity index (χ4v) is 2.13. The molecule has 0 heterocycles. The molecule has 0 radical (unpaired) electrons. The van der Waals surface area contributed by atoms with Crippen LogP contribution in [0.15, 0.2) is 18.2 Å². The smallest absolute Gasteiger partial charge is 0.308 e. The predicted octanol–water partition coefficient (Wildman–Crippen LogP) is 3.53. The van der Waals surface area contributed by atoms with Crippen LogP contribution in [0.2, 0.25) is 10.0 Å². The second kappa shape index (κ2) is 7.07. The van der Waals surface area contributed by atoms with Crippen molar-refractivity contribution in [1.82, 2.24) is 0 Å². The largest absolute Gasteiger partial charge is 0.481 e. The van der Waals surface area contributed by atoms with Gasteiger partial charge in [-0.3, -0.25) is 4.79 Å². The maximum Gasteiger partial charge on any atom is 0.308 e. The van der Waals surface area contributed by atoms with E-state index in [-0.39, 0.29) is 12.4 Å². The van der Waals surface area contributed by atoms with Crippen molar-refractivity contribution in [1.29, 1.82) is 0 Å². The van der Waals surface area contributed by atoms with Crippen LogP contribution >= 0.6 is 35.6 Å². The maximum atomic E-state index is 11.0. The number of benzene rings is 1. The van der Waals surface area contributed by atoms with Gasteiger partial charge in [0.1, 0.15) is 0 Å². The van der Waals surface area contributed by atoms with Crippen molar-refractivity contribution >= 4 is 41.6 Å². The summed E-state index contributed by atoms with van der Waals surface area (Å²) in [6, 6.07) is 4.27. The van der Waals surface area contributed by atoms with E-state index in [9.17, 15) is 4.79 Å². The van der Waals surface area contributed by atoms with E-state index in [4.69, 9.17) is 34.0 Å². The van der Waals surface area contributed by atoms with Crippen LogP contribution in [0.5, 0.6) is 0 Å². The van der Waals surface area contributed by atoms with Crippen molar-refractivity contribution < 1.29 is 9.90 Å². The Hall–Kier alpha value is -0.480. The number of halogens is 3. The molecule has 0 spiro atoms. The number of carbonyl (C=O) groups is 1. The third-order valence-corrected chi connectivity index (χ3v) is 2.90. The average molecular weight is 299 g/mol. The summed E-state index contributed by atoms with van der Waals surface area (Å²) in [5.41, 5.74) is 6.54. The highest BCUT2D eigenvalue weighted by atomic mass is 35.5. The van der Waals surface area contributed by atoms with E-state index in [2.05, 4.69) is 0 Å². The lowest BCUT2D eigenvalue weighted by Gasteiger charge is -2.19. The highest BCUT2D eigenvalue weighted by molar-refractivity contribution is 6.34. The van der Waals surface area contributed by atoms with Crippen LogP contribution in [0, 0.1) is 5.92 Å². The molecule has 0 aliphatic rings. The van der Waals surface area contributed by atoms with Crippen molar-refractivity contribution in [3.63, 3.8) is 0 Å². The number of carboxylic acids is 1. The fraction of sp³-hybridized carbons (Fsp3) is 0.364. The zero-order valence-electron chi connectivity index (χ0n) is 9.19. The van der Waals surface area contributed by atoms with Crippen LogP contribution in [-0.2, 0) is 4.79 Å². The molecule has 2 unspecified atom stereocenters. The van der Waals surface area contributed by atoms with E-state index in [0.29, 0.717) is 22.0 Å². The molecule has 1 rings (SSSR count). The number of nitrogens with two attached hydrogens (primary N) is 1. The second-order valence-corrected chi connectivity index (χ2v) is 4.45. The lowest BCUT2D eigenvalue weighted by molar-refractivity contribution is -0.142. The third kappa shape index (κ3) is 4.36. The van der Waals surface area contributed by atoms with Crippen LogP contribution in [0.25, 0.3) is 0 Å². The van der Waals surface area contributed by atoms with Gasteiger partial charge in [-0.25, -0.2) is 0 Å². The minimum atomic E-state index is -0.911. The minimum absolute atomic E-state index is 0. The molecule has 96 valence electrons. The molecule has 1 aromatic carbocycles. The molecule has 2 atom stereocenters. The van der Waals surface area contributed by atoms with Crippen molar-refractivity contribution in [3.8, 4) is 0 Å². The Morgan fingerprint density at radius 1 is 1.35 bits per heavy atom. The van der Waals surface area contributed by atoms with Gasteiger partial charge in [-0.1, -0.05) is 30.1 Å². The normalized spacial score (nSPS) is 13.6. The quantitative estimate of drug-likeness (QED) is 0.894. The van der Waals surface area contributed by atoms with E-state index in [0.717, 1.165) is 0 Å². The fourth-order valence-electron chi connectivity index (χ4n) is 1.58. The number of aliphatic carboxylic acids is 1. The Labute approximate surface area is 116 Å². The van der Waals surface area contributed by atoms with E-state index in [1.807, 2.05) is 0 Å². The molecule has 17 heavy (non-hydrogen) atoms. The first-order chi connectivity index (χ1) is 7.45. The van der Waals surface area contributed by atoms with Gasteiger partial charge in [-0.05, 0) is 30.2 Å². The molecule has 0 amide bonds. The van der Waals surface area contributed by atoms with Gasteiger partial charge in [0, 0.05) is 16.1 Å². The third-order valence-electron chi connectivity index (χ3n) is 2.46. The first-order valence-electron chi connectivity index (χ1n) is 4.90. The van der Waals surface area contributed by atoms with Crippen molar-refractivity contribution in [2.75, 3.05) is 0 Å². The van der Waals surface area contributed by atoms with Gasteiger partial charge in [0.25, 0.3) is 0 Å². The van der Waals surface area contributed by atoms with Gasteiger partial charge in [0.15, 0.2) is 0 Å². The molecule has 0 fully saturated rings. The first kappa shape index (κ1) is 16.5. The summed E-state index contributed by atoms with van der Waals surface area (Å²) in [5, 5.41) is 9.91. The molecular formula is C11H14Cl3NO2. The lowest BCUT2D eigenvalue weighted by Crippen LogP contribution is -2.27. The molecule has 3 N–H and O–H groups in total. The van der Waals surface area contributed by atoms with Gasteiger partial charge >= 0.3 is 5.97 Å². The van der Waals surface area contributed by atoms with Gasteiger partial charge in [0.2, 0.25) is 0 Å². The molecule has 0 saturated carbocycles. The molecule has 0 saturated heterocycles. The minimum Gasteiger partial charge on any atom is -0.481 e. The summed E-state index contributed by atoms with van der Waals surface area (Å²) < 4.78 is 0. The van der Waals surface area contributed by atoms with E-state index in [1.165, 1.54) is 0 Å². The molecule has 1 aromatic rings. The van der Waals surface area contributed by atoms with Crippen LogP contribution < -0.4 is 5.73 Å². The standard InChI is InChI=1S/C11H13Cl2NO2.ClH/c1-2-9(11(15)16)10(14)6-3-7(12)5-8(13)4-6;/h3-5,9-10H,2,14H2,1H3,(H,15,16);1H. The Balaban J connectivity index is 0.00000256. The van der Waals surface area contributed by atoms with E-state index >= 15 is 0 Å². The van der Waals surface area contributed by atoms with E-state index in [1.54, 1.807) is 25.1 Å². The highest BCUT2D eigenvalue weighted by Gasteiger charge is 2.24. The molecule has 0 aliphatic heterocycles. The summed E-state index contributed by atoms with van der Waals surface area (Å²) in [7, 11) is 0. The van der Waals surface area contributed by atoms with Gasteiger partial charge in [-0.15, -0.1) is 12.4 Å². The van der Waals surface area contributed by atoms with Crippen LogP contribution in [-0.4, -0.2) is 11.1 Å². The van der Waals surface area contributed by atoms with Crippen molar-refractivity contribution in [2.24, 2.45) is 11.7 Å². The first-order valence-corrected chi connectivity index (χ1v) is 5.65. The summed E-state index contributed by atoms with van der Waals surface area (Å²) in [6.45, 7) is 1.78. The number of rotatable bonds is 4. The molecule has 3 nitrogen and oxygen atoms in total. The molecule has 0 aromatic heterocycles. The molecular weight excluding hydrogens is 284 g/mol. The summed E-state index contributed by atoms with van der Waals surface area (Å²) in [5.74, 6) is -1.54. The Kier molecular flexibility index (Phi) is 6.87. The zero-order valence-corrected chi connectivity index (χ0v) is 11.5. The van der Waals surface area contributed by atoms with Crippen molar-refractivity contribution in [2.45, 2.75) is 19.4 Å². The molecule has 0 bridgehead atoms. The number of hydrogen-bond acceptors (Lipinski definition) is 2. The van der Waals surface area contributed by atoms with Crippen LogP contribution in [0.4, 0.5) is 0 Å². The average Bonchev–Trinajstić information content (AvgIpc) is 2.16. The van der Waals surface area contributed by atoms with Crippen LogP contribution in [0.3, 0.4) is 0 Å². The van der Waals surface area contributed by atoms with Gasteiger partial charge < -0.3 is 10.8 Å². The summed E-state index contributed by atoms with van der Waals surface area (Å²) in [4.78, 5) is 11.0. The highest BCUT2D eigenvalue weighted by Crippen LogP contribution is 2.27. The number of carboxylic acid groups (broad SMARTS) is 1. The Bertz CT molecular complexity index is 378. The van der Waals surface area contributed by atoms with E-state index < -0.39 is 17.9 Å². The predicted molar refractivity (Wildman–Crippen MR) is 72.1 cm³/mol. The Morgan fingerprint density at radius 3 is 2.18 bits per heavy atom. The lowest BCUT2D eigenvalue weighted by atomic mass is 9.92. The van der Waals surface area contributed by atoms with Crippen LogP contribution in [0.1, 0.15) is 24.9 Å². The monoisotopic (exact) mass is 297 g/mol. The zero-order chi connectivity index (χ0) is 12.3. The topological polar surface area (TPSA) is 63.3 Å². The second-order valence-electron chi connectivity index (χ2n) is 3.58. The SMILES string of the molecule is CCC(C(=O)O)C(N)c1cc(Cl)cc(Cl)c1.Cl. The summed E-state index contributed by atoms with van der Waals surface area (Å²) >= 11 is 11.7. The van der Waals surface area contributed by atoms with Gasteiger partial charge in [0.05, 0.1) is 5.92 Å². The number of hydrogen-bond donors (Lipinski definition) is 2. The van der Waals surface area contributed by atoms with Crippen molar-refractivity contribution in [3.05, 3.63) is 33.8 Å². The Morgan fingerprint density at radius 2 is 1.82 bits per heavy atom.